The molecule has 0 unspecified atom stereocenters. The molecular formula is C20H20N4O4. The van der Waals surface area contributed by atoms with Gasteiger partial charge in [0.15, 0.2) is 0 Å². The van der Waals surface area contributed by atoms with E-state index >= 15 is 0 Å². The zero-order valence-corrected chi connectivity index (χ0v) is 15.6. The fourth-order valence-corrected chi connectivity index (χ4v) is 3.25. The summed E-state index contributed by atoms with van der Waals surface area (Å²) in [7, 11) is 1.67. The van der Waals surface area contributed by atoms with E-state index in [2.05, 4.69) is 10.1 Å². The molecule has 0 aliphatic carbocycles. The molecule has 3 heterocycles. The summed E-state index contributed by atoms with van der Waals surface area (Å²) in [5.41, 5.74) is 1.39. The number of aryl methyl sites for hydroxylation is 1. The highest BCUT2D eigenvalue weighted by Gasteiger charge is 2.39. The fraction of sp³-hybridized carbons (Fsp3) is 0.300. The normalized spacial score (nSPS) is 19.8. The van der Waals surface area contributed by atoms with Gasteiger partial charge in [-0.25, -0.2) is 0 Å². The van der Waals surface area contributed by atoms with Crippen LogP contribution in [-0.2, 0) is 23.1 Å². The molecule has 0 spiro atoms. The molecule has 0 saturated carbocycles. The number of amides is 1. The topological polar surface area (TPSA) is 90.5 Å². The molecule has 1 saturated heterocycles. The van der Waals surface area contributed by atoms with Gasteiger partial charge in [-0.05, 0) is 18.6 Å². The number of carbonyl (C=O) groups is 1. The van der Waals surface area contributed by atoms with Gasteiger partial charge in [-0.15, -0.1) is 0 Å². The lowest BCUT2D eigenvalue weighted by molar-refractivity contribution is -0.159. The van der Waals surface area contributed by atoms with Gasteiger partial charge < -0.3 is 18.7 Å². The molecule has 0 N–H and O–H groups in total. The highest BCUT2D eigenvalue weighted by molar-refractivity contribution is 5.78. The summed E-state index contributed by atoms with van der Waals surface area (Å²) < 4.78 is 12.5. The lowest BCUT2D eigenvalue weighted by Gasteiger charge is -2.37. The number of ether oxygens (including phenoxy) is 1. The molecule has 1 aliphatic rings. The summed E-state index contributed by atoms with van der Waals surface area (Å²) in [6.45, 7) is 2.30. The van der Waals surface area contributed by atoms with E-state index in [9.17, 15) is 9.59 Å². The first-order valence-corrected chi connectivity index (χ1v) is 8.98. The quantitative estimate of drug-likeness (QED) is 0.687. The smallest absolute Gasteiger partial charge is 0.252 e. The number of nitrogens with zero attached hydrogens (tertiary/aromatic N) is 4. The average molecular weight is 380 g/mol. The van der Waals surface area contributed by atoms with Gasteiger partial charge in [-0.3, -0.25) is 9.59 Å². The Morgan fingerprint density at radius 2 is 1.96 bits per heavy atom. The Labute approximate surface area is 161 Å². The number of benzene rings is 1. The van der Waals surface area contributed by atoms with Crippen LogP contribution < -0.4 is 5.56 Å². The number of pyridine rings is 1. The van der Waals surface area contributed by atoms with Crippen LogP contribution in [0.2, 0.25) is 0 Å². The van der Waals surface area contributed by atoms with Crippen molar-refractivity contribution < 1.29 is 14.1 Å². The van der Waals surface area contributed by atoms with Crippen molar-refractivity contribution in [1.29, 1.82) is 0 Å². The monoisotopic (exact) mass is 380 g/mol. The predicted octanol–water partition coefficient (Wildman–Crippen LogP) is 1.92. The van der Waals surface area contributed by atoms with Crippen LogP contribution in [0.15, 0.2) is 58.0 Å². The van der Waals surface area contributed by atoms with E-state index in [4.69, 9.17) is 9.26 Å². The zero-order valence-electron chi connectivity index (χ0n) is 15.6. The Hall–Kier alpha value is -3.26. The molecule has 3 aromatic rings. The Balaban J connectivity index is 1.66. The van der Waals surface area contributed by atoms with Gasteiger partial charge in [-0.1, -0.05) is 35.5 Å². The summed E-state index contributed by atoms with van der Waals surface area (Å²) >= 11 is 0. The third kappa shape index (κ3) is 3.46. The minimum Gasteiger partial charge on any atom is -0.366 e. The second-order valence-corrected chi connectivity index (χ2v) is 6.79. The number of hydrogen-bond acceptors (Lipinski definition) is 6. The van der Waals surface area contributed by atoms with E-state index in [0.29, 0.717) is 17.9 Å². The van der Waals surface area contributed by atoms with E-state index in [1.54, 1.807) is 24.2 Å². The minimum atomic E-state index is -0.505. The molecule has 2 atom stereocenters. The molecule has 8 heteroatoms. The Kier molecular flexibility index (Phi) is 4.79. The van der Waals surface area contributed by atoms with Gasteiger partial charge in [0.25, 0.3) is 11.4 Å². The van der Waals surface area contributed by atoms with E-state index in [0.717, 1.165) is 5.56 Å². The first-order valence-electron chi connectivity index (χ1n) is 8.98. The van der Waals surface area contributed by atoms with Crippen molar-refractivity contribution in [3.63, 3.8) is 0 Å². The lowest BCUT2D eigenvalue weighted by Crippen LogP contribution is -2.47. The van der Waals surface area contributed by atoms with Crippen molar-refractivity contribution in [2.45, 2.75) is 25.6 Å². The van der Waals surface area contributed by atoms with Crippen LogP contribution in [-0.4, -0.2) is 38.2 Å². The number of aromatic nitrogens is 3. The van der Waals surface area contributed by atoms with Gasteiger partial charge in [-0.2, -0.15) is 4.98 Å². The SMILES string of the molecule is C[C@H]1OCC(=O)N(Cc2ccccc2)[C@@H]1c1nc(-c2ccn(C)c(=O)c2)no1. The third-order valence-electron chi connectivity index (χ3n) is 4.82. The standard InChI is InChI=1S/C20H20N4O4/c1-13-18(24(17(26)12-27-13)11-14-6-4-3-5-7-14)20-21-19(22-28-20)15-8-9-23(2)16(25)10-15/h3-10,13,18H,11-12H2,1-2H3/t13-,18+/m1/s1. The molecule has 1 fully saturated rings. The van der Waals surface area contributed by atoms with Crippen molar-refractivity contribution in [2.75, 3.05) is 6.61 Å². The van der Waals surface area contributed by atoms with Crippen molar-refractivity contribution in [2.24, 2.45) is 7.05 Å². The lowest BCUT2D eigenvalue weighted by atomic mass is 10.1. The fourth-order valence-electron chi connectivity index (χ4n) is 3.25. The minimum absolute atomic E-state index is 0.0141. The van der Waals surface area contributed by atoms with Crippen molar-refractivity contribution in [3.8, 4) is 11.4 Å². The maximum Gasteiger partial charge on any atom is 0.252 e. The molecule has 4 rings (SSSR count). The second kappa shape index (κ2) is 7.40. The van der Waals surface area contributed by atoms with Crippen molar-refractivity contribution in [1.82, 2.24) is 19.6 Å². The summed E-state index contributed by atoms with van der Waals surface area (Å²) in [5, 5.41) is 4.01. The van der Waals surface area contributed by atoms with Crippen LogP contribution in [0, 0.1) is 0 Å². The largest absolute Gasteiger partial charge is 0.366 e. The highest BCUT2D eigenvalue weighted by atomic mass is 16.5. The summed E-state index contributed by atoms with van der Waals surface area (Å²) in [5.74, 6) is 0.449. The summed E-state index contributed by atoms with van der Waals surface area (Å²) in [4.78, 5) is 30.6. The van der Waals surface area contributed by atoms with Gasteiger partial charge >= 0.3 is 0 Å². The van der Waals surface area contributed by atoms with E-state index in [1.807, 2.05) is 37.3 Å². The number of hydrogen-bond donors (Lipinski definition) is 0. The average Bonchev–Trinajstić information content (AvgIpc) is 3.17. The molecule has 144 valence electrons. The molecule has 1 aliphatic heterocycles. The van der Waals surface area contributed by atoms with Crippen LogP contribution in [0.3, 0.4) is 0 Å². The maximum absolute atomic E-state index is 12.6. The van der Waals surface area contributed by atoms with E-state index in [1.165, 1.54) is 10.6 Å². The Bertz CT molecular complexity index is 1040. The molecule has 0 bridgehead atoms. The van der Waals surface area contributed by atoms with Gasteiger partial charge in [0.2, 0.25) is 11.7 Å². The molecule has 1 amide bonds. The Morgan fingerprint density at radius 1 is 1.18 bits per heavy atom. The summed E-state index contributed by atoms with van der Waals surface area (Å²) in [6.07, 6.45) is 1.34. The van der Waals surface area contributed by atoms with Crippen LogP contribution in [0.5, 0.6) is 0 Å². The van der Waals surface area contributed by atoms with E-state index in [-0.39, 0.29) is 30.1 Å². The molecule has 28 heavy (non-hydrogen) atoms. The number of carbonyl (C=O) groups excluding carboxylic acids is 1. The third-order valence-corrected chi connectivity index (χ3v) is 4.82. The zero-order chi connectivity index (χ0) is 19.7. The molecule has 1 aromatic carbocycles. The molecule has 8 nitrogen and oxygen atoms in total. The number of morpholine rings is 1. The first-order chi connectivity index (χ1) is 13.5. The van der Waals surface area contributed by atoms with Gasteiger partial charge in [0.1, 0.15) is 12.6 Å². The maximum atomic E-state index is 12.6. The number of rotatable bonds is 4. The van der Waals surface area contributed by atoms with Crippen molar-refractivity contribution in [3.05, 3.63) is 70.5 Å². The van der Waals surface area contributed by atoms with Crippen LogP contribution in [0.25, 0.3) is 11.4 Å². The molecule has 0 radical (unpaired) electrons. The van der Waals surface area contributed by atoms with Gasteiger partial charge in [0.05, 0.1) is 6.10 Å². The predicted molar refractivity (Wildman–Crippen MR) is 100 cm³/mol. The molecule has 2 aromatic heterocycles. The highest BCUT2D eigenvalue weighted by Crippen LogP contribution is 2.31. The van der Waals surface area contributed by atoms with Gasteiger partial charge in [0, 0.05) is 31.4 Å². The summed E-state index contributed by atoms with van der Waals surface area (Å²) in [6, 6.07) is 12.4. The Morgan fingerprint density at radius 3 is 2.71 bits per heavy atom. The van der Waals surface area contributed by atoms with Crippen molar-refractivity contribution >= 4 is 5.91 Å². The van der Waals surface area contributed by atoms with Crippen LogP contribution in [0.1, 0.15) is 24.4 Å². The van der Waals surface area contributed by atoms with E-state index < -0.39 is 6.04 Å². The second-order valence-electron chi connectivity index (χ2n) is 6.79. The molecular weight excluding hydrogens is 360 g/mol. The van der Waals surface area contributed by atoms with Crippen LogP contribution in [0.4, 0.5) is 0 Å². The van der Waals surface area contributed by atoms with Crippen LogP contribution >= 0.6 is 0 Å². The first kappa shape index (κ1) is 18.1.